The molecule has 3 amide bonds. The van der Waals surface area contributed by atoms with Crippen LogP contribution in [-0.2, 0) is 14.4 Å². The average molecular weight is 509 g/mol. The number of aryl methyl sites for hydroxylation is 2. The molecule has 0 bridgehead atoms. The fraction of sp³-hybridized carbons (Fsp3) is 0.207. The van der Waals surface area contributed by atoms with E-state index in [0.29, 0.717) is 11.4 Å². The van der Waals surface area contributed by atoms with Crippen LogP contribution in [-0.4, -0.2) is 34.7 Å². The highest BCUT2D eigenvalue weighted by Crippen LogP contribution is 2.49. The third kappa shape index (κ3) is 3.50. The van der Waals surface area contributed by atoms with Crippen LogP contribution < -0.4 is 15.1 Å². The van der Waals surface area contributed by atoms with Gasteiger partial charge in [-0.1, -0.05) is 48.0 Å². The number of nitrogens with zero attached hydrogens (tertiary/aromatic N) is 3. The number of nitrogens with one attached hydrogen (secondary N) is 1. The van der Waals surface area contributed by atoms with Crippen LogP contribution in [0.4, 0.5) is 22.7 Å². The standard InChI is InChI=1S/C29H24N4O5/c1-16-7-13-21(17(2)15-16)32-28(35)24-23-14-8-18-5-3-4-6-22(18)31(23)26(25(24)29(32)36)27(34)30-19-9-11-20(12-10-19)33(37)38/h3-15,23-26H,1-2H3,(H,30,34). The number of non-ortho nitro benzene ring substituents is 1. The molecular formula is C29H24N4O5. The number of rotatable bonds is 4. The molecular weight excluding hydrogens is 484 g/mol. The number of carbonyl (C=O) groups excluding carboxylic acids is 3. The van der Waals surface area contributed by atoms with Gasteiger partial charge in [0.25, 0.3) is 5.69 Å². The Balaban J connectivity index is 1.42. The summed E-state index contributed by atoms with van der Waals surface area (Å²) < 4.78 is 0. The van der Waals surface area contributed by atoms with Crippen molar-refractivity contribution < 1.29 is 19.3 Å². The Morgan fingerprint density at radius 1 is 0.921 bits per heavy atom. The second-order valence-corrected chi connectivity index (χ2v) is 9.91. The number of hydrogen-bond donors (Lipinski definition) is 1. The monoisotopic (exact) mass is 508 g/mol. The topological polar surface area (TPSA) is 113 Å². The molecule has 3 aliphatic heterocycles. The van der Waals surface area contributed by atoms with Gasteiger partial charge in [0.2, 0.25) is 17.7 Å². The van der Waals surface area contributed by atoms with E-state index < -0.39 is 40.7 Å². The van der Waals surface area contributed by atoms with Crippen molar-refractivity contribution in [3.8, 4) is 0 Å². The van der Waals surface area contributed by atoms with Gasteiger partial charge in [0, 0.05) is 23.5 Å². The molecule has 3 aliphatic rings. The van der Waals surface area contributed by atoms with Gasteiger partial charge < -0.3 is 10.2 Å². The van der Waals surface area contributed by atoms with Gasteiger partial charge in [-0.15, -0.1) is 0 Å². The number of amides is 3. The summed E-state index contributed by atoms with van der Waals surface area (Å²) in [6, 6.07) is 17.2. The van der Waals surface area contributed by atoms with Gasteiger partial charge in [-0.25, -0.2) is 4.90 Å². The van der Waals surface area contributed by atoms with Crippen LogP contribution in [0.1, 0.15) is 16.7 Å². The average Bonchev–Trinajstić information content (AvgIpc) is 3.37. The lowest BCUT2D eigenvalue weighted by Crippen LogP contribution is -2.50. The lowest BCUT2D eigenvalue weighted by Gasteiger charge is -2.36. The molecule has 4 unspecified atom stereocenters. The highest BCUT2D eigenvalue weighted by atomic mass is 16.6. The number of para-hydroxylation sites is 1. The molecule has 0 aliphatic carbocycles. The van der Waals surface area contributed by atoms with Crippen LogP contribution in [0.2, 0.25) is 0 Å². The molecule has 3 heterocycles. The van der Waals surface area contributed by atoms with E-state index in [2.05, 4.69) is 5.32 Å². The SMILES string of the molecule is Cc1ccc(N2C(=O)C3C(C2=O)C(C(=O)Nc2ccc([N+](=O)[O-])cc2)N2c4ccccc4C=CC32)c(C)c1. The van der Waals surface area contributed by atoms with E-state index >= 15 is 0 Å². The summed E-state index contributed by atoms with van der Waals surface area (Å²) in [6.07, 6.45) is 3.83. The number of carbonyl (C=O) groups is 3. The zero-order valence-electron chi connectivity index (χ0n) is 20.7. The minimum absolute atomic E-state index is 0.0974. The number of fused-ring (bicyclic) bond motifs is 5. The molecule has 3 aromatic rings. The van der Waals surface area contributed by atoms with Crippen molar-refractivity contribution in [2.75, 3.05) is 15.1 Å². The molecule has 6 rings (SSSR count). The zero-order valence-corrected chi connectivity index (χ0v) is 20.7. The second-order valence-electron chi connectivity index (χ2n) is 9.91. The maximum Gasteiger partial charge on any atom is 0.269 e. The van der Waals surface area contributed by atoms with Gasteiger partial charge in [-0.2, -0.15) is 0 Å². The zero-order chi connectivity index (χ0) is 26.7. The Morgan fingerprint density at radius 3 is 2.34 bits per heavy atom. The first kappa shape index (κ1) is 23.6. The van der Waals surface area contributed by atoms with E-state index in [1.54, 1.807) is 6.07 Å². The van der Waals surface area contributed by atoms with Gasteiger partial charge >= 0.3 is 0 Å². The number of imide groups is 1. The molecule has 0 saturated carbocycles. The molecule has 9 nitrogen and oxygen atoms in total. The Morgan fingerprint density at radius 2 is 1.63 bits per heavy atom. The molecule has 1 N–H and O–H groups in total. The number of nitro benzene ring substituents is 1. The van der Waals surface area contributed by atoms with Crippen molar-refractivity contribution in [2.24, 2.45) is 11.8 Å². The molecule has 3 aromatic carbocycles. The normalized spacial score (nSPS) is 23.2. The summed E-state index contributed by atoms with van der Waals surface area (Å²) in [7, 11) is 0. The first-order chi connectivity index (χ1) is 18.3. The van der Waals surface area contributed by atoms with E-state index in [1.807, 2.05) is 67.3 Å². The molecule has 2 saturated heterocycles. The van der Waals surface area contributed by atoms with Crippen LogP contribution in [0.3, 0.4) is 0 Å². The van der Waals surface area contributed by atoms with Crippen LogP contribution in [0, 0.1) is 35.8 Å². The van der Waals surface area contributed by atoms with Crippen molar-refractivity contribution in [2.45, 2.75) is 25.9 Å². The second kappa shape index (κ2) is 8.65. The molecule has 2 fully saturated rings. The smallest absolute Gasteiger partial charge is 0.269 e. The lowest BCUT2D eigenvalue weighted by atomic mass is 9.88. The summed E-state index contributed by atoms with van der Waals surface area (Å²) in [6.45, 7) is 3.80. The minimum Gasteiger partial charge on any atom is -0.351 e. The Bertz CT molecular complexity index is 1550. The van der Waals surface area contributed by atoms with Crippen molar-refractivity contribution in [3.63, 3.8) is 0 Å². The Kier molecular flexibility index (Phi) is 5.37. The van der Waals surface area contributed by atoms with Crippen molar-refractivity contribution in [3.05, 3.63) is 99.6 Å². The number of benzene rings is 3. The van der Waals surface area contributed by atoms with Gasteiger partial charge in [-0.3, -0.25) is 24.5 Å². The van der Waals surface area contributed by atoms with Crippen LogP contribution in [0.25, 0.3) is 6.08 Å². The van der Waals surface area contributed by atoms with Gasteiger partial charge in [0.15, 0.2) is 0 Å². The highest BCUT2D eigenvalue weighted by Gasteiger charge is 2.64. The van der Waals surface area contributed by atoms with E-state index in [0.717, 1.165) is 22.4 Å². The molecule has 190 valence electrons. The van der Waals surface area contributed by atoms with Gasteiger partial charge in [0.05, 0.1) is 28.5 Å². The maximum atomic E-state index is 14.0. The molecule has 0 radical (unpaired) electrons. The maximum absolute atomic E-state index is 14.0. The summed E-state index contributed by atoms with van der Waals surface area (Å²) in [4.78, 5) is 55.3. The fourth-order valence-corrected chi connectivity index (χ4v) is 5.99. The fourth-order valence-electron chi connectivity index (χ4n) is 5.99. The van der Waals surface area contributed by atoms with E-state index in [4.69, 9.17) is 0 Å². The van der Waals surface area contributed by atoms with Crippen molar-refractivity contribution >= 4 is 46.5 Å². The number of hydrogen-bond acceptors (Lipinski definition) is 6. The van der Waals surface area contributed by atoms with Crippen LogP contribution >= 0.6 is 0 Å². The lowest BCUT2D eigenvalue weighted by molar-refractivity contribution is -0.384. The van der Waals surface area contributed by atoms with Crippen molar-refractivity contribution in [1.82, 2.24) is 0 Å². The third-order valence-electron chi connectivity index (χ3n) is 7.62. The first-order valence-corrected chi connectivity index (χ1v) is 12.3. The largest absolute Gasteiger partial charge is 0.351 e. The van der Waals surface area contributed by atoms with Gasteiger partial charge in [0.1, 0.15) is 6.04 Å². The Labute approximate surface area is 218 Å². The van der Waals surface area contributed by atoms with Crippen LogP contribution in [0.5, 0.6) is 0 Å². The molecule has 38 heavy (non-hydrogen) atoms. The summed E-state index contributed by atoms with van der Waals surface area (Å²) in [5.74, 6) is -2.82. The Hall–Kier alpha value is -4.79. The predicted octanol–water partition coefficient (Wildman–Crippen LogP) is 4.24. The van der Waals surface area contributed by atoms with E-state index in [1.165, 1.54) is 29.2 Å². The van der Waals surface area contributed by atoms with E-state index in [-0.39, 0.29) is 11.6 Å². The quantitative estimate of drug-likeness (QED) is 0.320. The molecule has 9 heteroatoms. The molecule has 4 atom stereocenters. The van der Waals surface area contributed by atoms with E-state index in [9.17, 15) is 24.5 Å². The van der Waals surface area contributed by atoms with Crippen LogP contribution in [0.15, 0.2) is 72.8 Å². The minimum atomic E-state index is -0.960. The first-order valence-electron chi connectivity index (χ1n) is 12.3. The summed E-state index contributed by atoms with van der Waals surface area (Å²) >= 11 is 0. The highest BCUT2D eigenvalue weighted by molar-refractivity contribution is 6.25. The third-order valence-corrected chi connectivity index (χ3v) is 7.62. The molecule has 0 spiro atoms. The summed E-state index contributed by atoms with van der Waals surface area (Å²) in [5.41, 5.74) is 4.29. The predicted molar refractivity (Wildman–Crippen MR) is 143 cm³/mol. The number of anilines is 3. The summed E-state index contributed by atoms with van der Waals surface area (Å²) in [5, 5.41) is 13.9. The van der Waals surface area contributed by atoms with Gasteiger partial charge in [-0.05, 0) is 49.2 Å². The molecule has 0 aromatic heterocycles. The van der Waals surface area contributed by atoms with Crippen molar-refractivity contribution in [1.29, 1.82) is 0 Å². The number of nitro groups is 1.